The Bertz CT molecular complexity index is 526. The molecule has 1 aromatic rings. The predicted molar refractivity (Wildman–Crippen MR) is 82.6 cm³/mol. The maximum absolute atomic E-state index is 12.4. The highest BCUT2D eigenvalue weighted by atomic mass is 16.2. The third kappa shape index (κ3) is 3.53. The smallest absolute Gasteiger partial charge is 0.223 e. The Hall–Kier alpha value is -1.62. The number of hydrogen-bond acceptors (Lipinski definition) is 3. The average molecular weight is 291 g/mol. The van der Waals surface area contributed by atoms with Crippen LogP contribution in [0.2, 0.25) is 0 Å². The molecule has 2 unspecified atom stereocenters. The van der Waals surface area contributed by atoms with Crippen LogP contribution in [0.1, 0.15) is 47.6 Å². The quantitative estimate of drug-likeness (QED) is 0.828. The van der Waals surface area contributed by atoms with Crippen molar-refractivity contribution >= 4 is 12.2 Å². The summed E-state index contributed by atoms with van der Waals surface area (Å²) in [6.07, 6.45) is 2.03. The lowest BCUT2D eigenvalue weighted by Crippen LogP contribution is -2.55. The summed E-state index contributed by atoms with van der Waals surface area (Å²) >= 11 is 0. The van der Waals surface area contributed by atoms with E-state index in [0.717, 1.165) is 36.2 Å². The van der Waals surface area contributed by atoms with Crippen LogP contribution in [0, 0.1) is 13.8 Å². The Labute approximate surface area is 126 Å². The van der Waals surface area contributed by atoms with E-state index in [1.165, 1.54) is 0 Å². The molecule has 1 fully saturated rings. The Morgan fingerprint density at radius 2 is 1.90 bits per heavy atom. The van der Waals surface area contributed by atoms with Crippen molar-refractivity contribution in [2.45, 2.75) is 52.6 Å². The van der Waals surface area contributed by atoms with Crippen molar-refractivity contribution in [3.8, 4) is 0 Å². The summed E-state index contributed by atoms with van der Waals surface area (Å²) in [7, 11) is 0. The number of amides is 1. The van der Waals surface area contributed by atoms with Crippen LogP contribution in [0.3, 0.4) is 0 Å². The summed E-state index contributed by atoms with van der Waals surface area (Å²) < 4.78 is 0. The van der Waals surface area contributed by atoms with E-state index >= 15 is 0 Å². The summed E-state index contributed by atoms with van der Waals surface area (Å²) in [5.41, 5.74) is 3.68. The molecular weight excluding hydrogens is 266 g/mol. The third-order valence-corrected chi connectivity index (χ3v) is 4.25. The monoisotopic (exact) mass is 291 g/mol. The highest BCUT2D eigenvalue weighted by Gasteiger charge is 2.24. The molecule has 0 spiro atoms. The number of aromatic nitrogens is 1. The van der Waals surface area contributed by atoms with Gasteiger partial charge in [0, 0.05) is 37.3 Å². The summed E-state index contributed by atoms with van der Waals surface area (Å²) in [6, 6.07) is 0.685. The van der Waals surface area contributed by atoms with Gasteiger partial charge in [0.1, 0.15) is 0 Å². The van der Waals surface area contributed by atoms with E-state index in [-0.39, 0.29) is 5.91 Å². The zero-order valence-corrected chi connectivity index (χ0v) is 13.3. The number of aldehydes is 1. The molecule has 2 heterocycles. The van der Waals surface area contributed by atoms with Crippen LogP contribution < -0.4 is 5.32 Å². The van der Waals surface area contributed by atoms with Crippen LogP contribution in [-0.4, -0.2) is 47.3 Å². The minimum absolute atomic E-state index is 0.197. The van der Waals surface area contributed by atoms with Crippen LogP contribution >= 0.6 is 0 Å². The van der Waals surface area contributed by atoms with Gasteiger partial charge in [0.05, 0.1) is 5.69 Å². The molecule has 5 nitrogen and oxygen atoms in total. The van der Waals surface area contributed by atoms with Crippen molar-refractivity contribution in [2.24, 2.45) is 0 Å². The van der Waals surface area contributed by atoms with E-state index in [9.17, 15) is 9.59 Å². The van der Waals surface area contributed by atoms with Gasteiger partial charge in [0.25, 0.3) is 0 Å². The van der Waals surface area contributed by atoms with E-state index in [2.05, 4.69) is 24.1 Å². The van der Waals surface area contributed by atoms with E-state index < -0.39 is 0 Å². The van der Waals surface area contributed by atoms with Gasteiger partial charge in [-0.1, -0.05) is 0 Å². The topological polar surface area (TPSA) is 65.2 Å². The first-order valence-corrected chi connectivity index (χ1v) is 7.59. The van der Waals surface area contributed by atoms with Crippen LogP contribution in [0.15, 0.2) is 0 Å². The second-order valence-electron chi connectivity index (χ2n) is 6.15. The minimum Gasteiger partial charge on any atom is -0.356 e. The molecule has 1 saturated heterocycles. The Kier molecular flexibility index (Phi) is 4.83. The number of carbonyl (C=O) groups excluding carboxylic acids is 2. The van der Waals surface area contributed by atoms with Gasteiger partial charge in [0.15, 0.2) is 6.29 Å². The Morgan fingerprint density at radius 1 is 1.29 bits per heavy atom. The molecule has 0 bridgehead atoms. The number of rotatable bonds is 4. The molecule has 2 N–H and O–H groups in total. The van der Waals surface area contributed by atoms with Crippen molar-refractivity contribution in [2.75, 3.05) is 13.1 Å². The zero-order chi connectivity index (χ0) is 15.6. The standard InChI is InChI=1S/C16H25N3O2/c1-10-7-19(8-11(2)17-10)16(21)6-5-14-12(3)15(9-20)18-13(14)4/h9-11,17-18H,5-8H2,1-4H3. The number of hydrogen-bond donors (Lipinski definition) is 2. The number of piperazine rings is 1. The summed E-state index contributed by atoms with van der Waals surface area (Å²) in [5, 5.41) is 3.43. The van der Waals surface area contributed by atoms with Crippen molar-refractivity contribution in [3.05, 3.63) is 22.5 Å². The molecule has 1 aliphatic heterocycles. The van der Waals surface area contributed by atoms with Gasteiger partial charge in [-0.25, -0.2) is 0 Å². The fourth-order valence-corrected chi connectivity index (χ4v) is 3.23. The first-order valence-electron chi connectivity index (χ1n) is 7.59. The molecular formula is C16H25N3O2. The number of carbonyl (C=O) groups is 2. The lowest BCUT2D eigenvalue weighted by Gasteiger charge is -2.36. The molecule has 1 aliphatic rings. The zero-order valence-electron chi connectivity index (χ0n) is 13.3. The maximum Gasteiger partial charge on any atom is 0.223 e. The van der Waals surface area contributed by atoms with Crippen molar-refractivity contribution in [3.63, 3.8) is 0 Å². The van der Waals surface area contributed by atoms with Gasteiger partial charge >= 0.3 is 0 Å². The van der Waals surface area contributed by atoms with Gasteiger partial charge in [-0.3, -0.25) is 9.59 Å². The van der Waals surface area contributed by atoms with Gasteiger partial charge < -0.3 is 15.2 Å². The van der Waals surface area contributed by atoms with Gasteiger partial charge in [-0.2, -0.15) is 0 Å². The summed E-state index contributed by atoms with van der Waals surface area (Å²) in [4.78, 5) is 28.3. The molecule has 2 rings (SSSR count). The van der Waals surface area contributed by atoms with Gasteiger partial charge in [-0.05, 0) is 45.2 Å². The largest absolute Gasteiger partial charge is 0.356 e. The number of aromatic amines is 1. The molecule has 1 amide bonds. The third-order valence-electron chi connectivity index (χ3n) is 4.25. The molecule has 0 saturated carbocycles. The highest BCUT2D eigenvalue weighted by Crippen LogP contribution is 2.19. The van der Waals surface area contributed by atoms with Crippen LogP contribution in [0.5, 0.6) is 0 Å². The lowest BCUT2D eigenvalue weighted by molar-refractivity contribution is -0.132. The molecule has 21 heavy (non-hydrogen) atoms. The molecule has 0 radical (unpaired) electrons. The normalized spacial score (nSPS) is 22.4. The predicted octanol–water partition coefficient (Wildman–Crippen LogP) is 1.59. The molecule has 5 heteroatoms. The van der Waals surface area contributed by atoms with Crippen molar-refractivity contribution in [1.82, 2.24) is 15.2 Å². The highest BCUT2D eigenvalue weighted by molar-refractivity contribution is 5.78. The molecule has 0 aromatic carbocycles. The average Bonchev–Trinajstić information content (AvgIpc) is 2.69. The minimum atomic E-state index is 0.197. The molecule has 2 atom stereocenters. The van der Waals surface area contributed by atoms with Crippen molar-refractivity contribution < 1.29 is 9.59 Å². The fraction of sp³-hybridized carbons (Fsp3) is 0.625. The van der Waals surface area contributed by atoms with E-state index in [0.29, 0.717) is 30.6 Å². The Morgan fingerprint density at radius 3 is 2.43 bits per heavy atom. The Balaban J connectivity index is 1.98. The summed E-state index contributed by atoms with van der Waals surface area (Å²) in [5.74, 6) is 0.197. The van der Waals surface area contributed by atoms with E-state index in [4.69, 9.17) is 0 Å². The molecule has 0 aliphatic carbocycles. The second kappa shape index (κ2) is 6.43. The fourth-order valence-electron chi connectivity index (χ4n) is 3.23. The molecule has 116 valence electrons. The lowest BCUT2D eigenvalue weighted by atomic mass is 10.0. The van der Waals surface area contributed by atoms with Crippen LogP contribution in [0.4, 0.5) is 0 Å². The van der Waals surface area contributed by atoms with Gasteiger partial charge in [0.2, 0.25) is 5.91 Å². The van der Waals surface area contributed by atoms with Crippen LogP contribution in [-0.2, 0) is 11.2 Å². The van der Waals surface area contributed by atoms with E-state index in [1.807, 2.05) is 18.7 Å². The molecule has 1 aromatic heterocycles. The first kappa shape index (κ1) is 15.8. The van der Waals surface area contributed by atoms with Gasteiger partial charge in [-0.15, -0.1) is 0 Å². The first-order chi connectivity index (χ1) is 9.92. The SMILES string of the molecule is Cc1[nH]c(C=O)c(C)c1CCC(=O)N1CC(C)NC(C)C1. The van der Waals surface area contributed by atoms with E-state index in [1.54, 1.807) is 0 Å². The number of nitrogens with zero attached hydrogens (tertiary/aromatic N) is 1. The van der Waals surface area contributed by atoms with Crippen molar-refractivity contribution in [1.29, 1.82) is 0 Å². The second-order valence-corrected chi connectivity index (χ2v) is 6.15. The number of nitrogens with one attached hydrogen (secondary N) is 2. The van der Waals surface area contributed by atoms with Crippen LogP contribution in [0.25, 0.3) is 0 Å². The number of H-pyrrole nitrogens is 1. The maximum atomic E-state index is 12.4. The number of aryl methyl sites for hydroxylation is 1. The summed E-state index contributed by atoms with van der Waals surface area (Å²) in [6.45, 7) is 9.64.